The highest BCUT2D eigenvalue weighted by atomic mass is 31.1. The molecule has 0 amide bonds. The van der Waals surface area contributed by atoms with Crippen molar-refractivity contribution in [1.29, 1.82) is 0 Å². The summed E-state index contributed by atoms with van der Waals surface area (Å²) in [6, 6.07) is 54.0. The van der Waals surface area contributed by atoms with Crippen molar-refractivity contribution in [3.8, 4) is 56.0 Å². The van der Waals surface area contributed by atoms with Gasteiger partial charge in [-0.3, -0.25) is 0 Å². The third kappa shape index (κ3) is 5.48. The van der Waals surface area contributed by atoms with Crippen LogP contribution in [-0.4, -0.2) is 0 Å². The molecule has 0 saturated heterocycles. The minimum absolute atomic E-state index is 0.222. The molecule has 6 rings (SSSR count). The second-order valence-corrected chi connectivity index (χ2v) is 9.68. The molecule has 0 aliphatic heterocycles. The molecular weight excluding hydrogens is 495 g/mol. The van der Waals surface area contributed by atoms with E-state index in [1.165, 1.54) is 0 Å². The van der Waals surface area contributed by atoms with Crippen LogP contribution < -0.4 is 9.05 Å². The average molecular weight is 523 g/mol. The van der Waals surface area contributed by atoms with Gasteiger partial charge in [0.2, 0.25) is 0 Å². The predicted octanol–water partition coefficient (Wildman–Crippen LogP) is 10.3. The zero-order chi connectivity index (χ0) is 26.3. The van der Waals surface area contributed by atoms with E-state index in [4.69, 9.17) is 9.05 Å². The zero-order valence-electron chi connectivity index (χ0n) is 21.3. The molecule has 0 atom stereocenters. The summed E-state index contributed by atoms with van der Waals surface area (Å²) in [6.45, 7) is 0. The molecule has 39 heavy (non-hydrogen) atoms. The van der Waals surface area contributed by atoms with Crippen LogP contribution in [0.2, 0.25) is 0 Å². The number of hydrogen-bond acceptors (Lipinski definition) is 2. The van der Waals surface area contributed by atoms with Gasteiger partial charge in [-0.05, 0) is 45.5 Å². The van der Waals surface area contributed by atoms with E-state index in [2.05, 4.69) is 109 Å². The summed E-state index contributed by atoms with van der Waals surface area (Å²) >= 11 is 0. The Morgan fingerprint density at radius 3 is 1.00 bits per heavy atom. The van der Waals surface area contributed by atoms with Gasteiger partial charge < -0.3 is 9.05 Å². The summed E-state index contributed by atoms with van der Waals surface area (Å²) in [5.74, 6) is 1.59. The highest BCUT2D eigenvalue weighted by Gasteiger charge is 2.16. The third-order valence-electron chi connectivity index (χ3n) is 6.65. The number of rotatable bonds is 8. The van der Waals surface area contributed by atoms with E-state index in [0.717, 1.165) is 56.0 Å². The molecule has 188 valence electrons. The molecule has 0 radical (unpaired) electrons. The van der Waals surface area contributed by atoms with Gasteiger partial charge in [0, 0.05) is 11.1 Å². The monoisotopic (exact) mass is 522 g/mol. The molecule has 6 aromatic carbocycles. The first-order valence-corrected chi connectivity index (χ1v) is 13.8. The van der Waals surface area contributed by atoms with Crippen LogP contribution in [0.15, 0.2) is 158 Å². The second kappa shape index (κ2) is 11.8. The molecular formula is C36H27O2P. The van der Waals surface area contributed by atoms with Gasteiger partial charge in [-0.2, -0.15) is 0 Å². The van der Waals surface area contributed by atoms with Gasteiger partial charge in [-0.1, -0.05) is 146 Å². The molecule has 6 aromatic rings. The van der Waals surface area contributed by atoms with Crippen LogP contribution >= 0.6 is 9.03 Å². The molecule has 3 heteroatoms. The molecule has 0 aliphatic carbocycles. The van der Waals surface area contributed by atoms with Crippen molar-refractivity contribution in [3.05, 3.63) is 158 Å². The zero-order valence-corrected chi connectivity index (χ0v) is 22.3. The lowest BCUT2D eigenvalue weighted by molar-refractivity contribution is 0.518. The first kappa shape index (κ1) is 24.7. The van der Waals surface area contributed by atoms with Crippen molar-refractivity contribution in [1.82, 2.24) is 0 Å². The van der Waals surface area contributed by atoms with E-state index in [1.54, 1.807) is 0 Å². The normalized spacial score (nSPS) is 10.7. The fourth-order valence-corrected chi connectivity index (χ4v) is 5.43. The maximum atomic E-state index is 6.40. The average Bonchev–Trinajstić information content (AvgIpc) is 3.02. The van der Waals surface area contributed by atoms with E-state index >= 15 is 0 Å². The van der Waals surface area contributed by atoms with E-state index in [-0.39, 0.29) is 9.03 Å². The second-order valence-electron chi connectivity index (χ2n) is 9.11. The summed E-state index contributed by atoms with van der Waals surface area (Å²) in [5, 5.41) is 0. The Morgan fingerprint density at radius 1 is 0.308 bits per heavy atom. The van der Waals surface area contributed by atoms with Crippen LogP contribution in [0.25, 0.3) is 44.5 Å². The van der Waals surface area contributed by atoms with Gasteiger partial charge in [-0.15, -0.1) is 0 Å². The highest BCUT2D eigenvalue weighted by Crippen LogP contribution is 2.44. The van der Waals surface area contributed by atoms with E-state index < -0.39 is 0 Å². The standard InChI is InChI=1S/C36H27O2P/c1-5-15-27(16-6-1)31-23-13-25-33(35(31)29-19-9-3-10-20-29)37-39-38-34-26-14-24-32(28-17-7-2-8-18-28)36(34)30-21-11-4-12-22-30/h1-26,39H. The summed E-state index contributed by atoms with van der Waals surface area (Å²) < 4.78 is 12.8. The molecule has 0 bridgehead atoms. The van der Waals surface area contributed by atoms with E-state index in [0.29, 0.717) is 0 Å². The molecule has 2 nitrogen and oxygen atoms in total. The molecule has 0 saturated carbocycles. The first-order chi connectivity index (χ1) is 19.4. The fourth-order valence-electron chi connectivity index (χ4n) is 4.86. The Kier molecular flexibility index (Phi) is 7.47. The highest BCUT2D eigenvalue weighted by molar-refractivity contribution is 7.27. The van der Waals surface area contributed by atoms with Crippen molar-refractivity contribution in [2.75, 3.05) is 0 Å². The Hall–Kier alpha value is -4.65. The van der Waals surface area contributed by atoms with E-state index in [9.17, 15) is 0 Å². The Bertz CT molecular complexity index is 1520. The summed E-state index contributed by atoms with van der Waals surface area (Å²) in [4.78, 5) is 0. The van der Waals surface area contributed by atoms with Crippen LogP contribution in [0.4, 0.5) is 0 Å². The minimum atomic E-state index is -0.222. The molecule has 0 heterocycles. The molecule has 0 fully saturated rings. The van der Waals surface area contributed by atoms with Gasteiger partial charge >= 0.3 is 0 Å². The Morgan fingerprint density at radius 2 is 0.641 bits per heavy atom. The molecule has 0 aromatic heterocycles. The predicted molar refractivity (Wildman–Crippen MR) is 164 cm³/mol. The fraction of sp³-hybridized carbons (Fsp3) is 0. The van der Waals surface area contributed by atoms with Crippen molar-refractivity contribution in [2.45, 2.75) is 0 Å². The lowest BCUT2D eigenvalue weighted by atomic mass is 9.94. The van der Waals surface area contributed by atoms with Crippen LogP contribution in [-0.2, 0) is 0 Å². The lowest BCUT2D eigenvalue weighted by Gasteiger charge is -2.18. The largest absolute Gasteiger partial charge is 0.440 e. The van der Waals surface area contributed by atoms with Crippen LogP contribution in [0.1, 0.15) is 0 Å². The molecule has 0 aliphatic rings. The summed E-state index contributed by atoms with van der Waals surface area (Å²) in [5.41, 5.74) is 8.87. The van der Waals surface area contributed by atoms with Gasteiger partial charge in [0.25, 0.3) is 9.03 Å². The van der Waals surface area contributed by atoms with Gasteiger partial charge in [0.15, 0.2) is 0 Å². The van der Waals surface area contributed by atoms with Crippen molar-refractivity contribution >= 4 is 9.03 Å². The number of benzene rings is 6. The summed E-state index contributed by atoms with van der Waals surface area (Å²) in [6.07, 6.45) is 0. The van der Waals surface area contributed by atoms with Crippen LogP contribution in [0.3, 0.4) is 0 Å². The Labute approximate surface area is 231 Å². The Balaban J connectivity index is 1.35. The lowest BCUT2D eigenvalue weighted by Crippen LogP contribution is -1.94. The third-order valence-corrected chi connectivity index (χ3v) is 7.26. The molecule has 0 N–H and O–H groups in total. The van der Waals surface area contributed by atoms with Gasteiger partial charge in [0.05, 0.1) is 0 Å². The van der Waals surface area contributed by atoms with E-state index in [1.807, 2.05) is 48.5 Å². The van der Waals surface area contributed by atoms with Crippen molar-refractivity contribution in [3.63, 3.8) is 0 Å². The van der Waals surface area contributed by atoms with Crippen molar-refractivity contribution in [2.24, 2.45) is 0 Å². The smallest absolute Gasteiger partial charge is 0.275 e. The van der Waals surface area contributed by atoms with Gasteiger partial charge in [-0.25, -0.2) is 0 Å². The minimum Gasteiger partial charge on any atom is -0.440 e. The van der Waals surface area contributed by atoms with Gasteiger partial charge in [0.1, 0.15) is 11.5 Å². The maximum Gasteiger partial charge on any atom is 0.275 e. The summed E-state index contributed by atoms with van der Waals surface area (Å²) in [7, 11) is -0.222. The topological polar surface area (TPSA) is 18.5 Å². The van der Waals surface area contributed by atoms with Crippen molar-refractivity contribution < 1.29 is 9.05 Å². The maximum absolute atomic E-state index is 6.40. The quantitative estimate of drug-likeness (QED) is 0.185. The van der Waals surface area contributed by atoms with Crippen LogP contribution in [0, 0.1) is 0 Å². The molecule has 0 unspecified atom stereocenters. The number of hydrogen-bond donors (Lipinski definition) is 0. The first-order valence-electron chi connectivity index (χ1n) is 12.9. The van der Waals surface area contributed by atoms with Crippen LogP contribution in [0.5, 0.6) is 11.5 Å². The molecule has 0 spiro atoms. The SMILES string of the molecule is c1ccc(-c2cccc(OPOc3cccc(-c4ccccc4)c3-c3ccccc3)c2-c2ccccc2)cc1.